The number of carbonyl (C=O) groups excluding carboxylic acids is 1. The number of aliphatic hydroxyl groups excluding tert-OH is 6. The number of hydrogen-bond acceptors (Lipinski definition) is 11. The normalized spacial score (nSPS) is 14.6. The molecule has 7 N–H and O–H groups in total. The van der Waals surface area contributed by atoms with Crippen LogP contribution in [0.2, 0.25) is 0 Å². The number of carboxylic acid groups (broad SMARTS) is 1. The van der Waals surface area contributed by atoms with Crippen LogP contribution in [0.25, 0.3) is 0 Å². The maximum Gasteiger partial charge on any atom is 0.306 e. The second kappa shape index (κ2) is 73.1. The van der Waals surface area contributed by atoms with E-state index < -0.39 is 54.6 Å². The molecule has 8 atom stereocenters. The molecule has 0 aromatic rings. The summed E-state index contributed by atoms with van der Waals surface area (Å²) in [5.74, 6) is -2.01. The van der Waals surface area contributed by atoms with Gasteiger partial charge in [-0.1, -0.05) is 363 Å². The second-order valence-electron chi connectivity index (χ2n) is 31.2. The highest BCUT2D eigenvalue weighted by Crippen LogP contribution is 2.25. The van der Waals surface area contributed by atoms with Crippen LogP contribution in [0.4, 0.5) is 0 Å². The Hall–Kier alpha value is -1.22. The molecule has 0 aromatic heterocycles. The van der Waals surface area contributed by atoms with Crippen molar-refractivity contribution in [2.45, 2.75) is 476 Å². The fourth-order valence-corrected chi connectivity index (χ4v) is 14.8. The number of carbonyl (C=O) groups is 2. The Kier molecular flexibility index (Phi) is 72.2. The Bertz CT molecular complexity index is 1530. The summed E-state index contributed by atoms with van der Waals surface area (Å²) in [6.45, 7) is 17.2. The van der Waals surface area contributed by atoms with Gasteiger partial charge in [-0.25, -0.2) is 0 Å². The quantitative estimate of drug-likeness (QED) is 0.0286. The molecule has 12 nitrogen and oxygen atoms in total. The molecule has 0 aliphatic rings. The molecule has 0 spiro atoms. The molecule has 12 heteroatoms. The highest BCUT2D eigenvalue weighted by molar-refractivity contribution is 5.87. The van der Waals surface area contributed by atoms with Crippen molar-refractivity contribution >= 4 is 11.8 Å². The number of aliphatic carboxylic acids is 1. The first kappa shape index (κ1) is 95.8. The molecular weight excluding hydrogens is 1210 g/mol. The molecule has 97 heavy (non-hydrogen) atoms. The molecule has 0 fully saturated rings. The first-order valence-corrected chi connectivity index (χ1v) is 43.3. The maximum absolute atomic E-state index is 15.3. The minimum Gasteiger partial charge on any atom is -0.481 e. The molecule has 0 saturated heterocycles. The zero-order valence-corrected chi connectivity index (χ0v) is 65.7. The Morgan fingerprint density at radius 3 is 0.670 bits per heavy atom. The van der Waals surface area contributed by atoms with Gasteiger partial charge in [0.15, 0.2) is 5.78 Å². The highest BCUT2D eigenvalue weighted by atomic mass is 16.4. The first-order valence-electron chi connectivity index (χ1n) is 43.3. The number of rotatable bonds is 81. The number of hydrogen-bond donors (Lipinski definition) is 7. The van der Waals surface area contributed by atoms with Gasteiger partial charge < -0.3 is 35.7 Å². The van der Waals surface area contributed by atoms with E-state index in [-0.39, 0.29) is 25.3 Å². The largest absolute Gasteiger partial charge is 0.481 e. The van der Waals surface area contributed by atoms with Crippen molar-refractivity contribution in [3.63, 3.8) is 0 Å². The van der Waals surface area contributed by atoms with Crippen molar-refractivity contribution < 1.29 is 45.3 Å². The van der Waals surface area contributed by atoms with Gasteiger partial charge in [0.05, 0.1) is 48.6 Å². The molecule has 0 saturated carbocycles. The van der Waals surface area contributed by atoms with Crippen LogP contribution < -0.4 is 0 Å². The van der Waals surface area contributed by atoms with Gasteiger partial charge >= 0.3 is 5.97 Å². The molecule has 0 radical (unpaired) electrons. The molecule has 0 aliphatic carbocycles. The van der Waals surface area contributed by atoms with E-state index in [1.165, 1.54) is 218 Å². The van der Waals surface area contributed by atoms with Crippen LogP contribution in [-0.4, -0.2) is 157 Å². The van der Waals surface area contributed by atoms with E-state index in [0.29, 0.717) is 84.2 Å². The van der Waals surface area contributed by atoms with Crippen molar-refractivity contribution in [2.75, 3.05) is 52.4 Å². The van der Waals surface area contributed by atoms with Gasteiger partial charge in [-0.05, 0) is 77.3 Å². The monoisotopic (exact) mass is 1380 g/mol. The topological polar surface area (TPSA) is 185 Å². The lowest BCUT2D eigenvalue weighted by Crippen LogP contribution is -2.49. The summed E-state index contributed by atoms with van der Waals surface area (Å²) in [5.41, 5.74) is 0. The minimum absolute atomic E-state index is 0.126. The van der Waals surface area contributed by atoms with E-state index in [2.05, 4.69) is 51.3 Å². The number of unbranched alkanes of at least 4 members (excludes halogenated alkanes) is 44. The Morgan fingerprint density at radius 2 is 0.443 bits per heavy atom. The number of nitrogens with zero attached hydrogens (tertiary/aromatic N) is 3. The van der Waals surface area contributed by atoms with E-state index >= 15 is 4.79 Å². The summed E-state index contributed by atoms with van der Waals surface area (Å²) < 4.78 is 0. The predicted octanol–water partition coefficient (Wildman–Crippen LogP) is 21.6. The molecule has 8 unspecified atom stereocenters. The van der Waals surface area contributed by atoms with E-state index in [4.69, 9.17) is 0 Å². The van der Waals surface area contributed by atoms with Crippen LogP contribution >= 0.6 is 0 Å². The Labute approximate surface area is 603 Å². The number of ketones is 1. The fourth-order valence-electron chi connectivity index (χ4n) is 14.8. The molecule has 0 aromatic carbocycles. The van der Waals surface area contributed by atoms with E-state index in [0.717, 1.165) is 122 Å². The van der Waals surface area contributed by atoms with Gasteiger partial charge in [-0.15, -0.1) is 0 Å². The van der Waals surface area contributed by atoms with Gasteiger partial charge in [-0.3, -0.25) is 24.3 Å². The summed E-state index contributed by atoms with van der Waals surface area (Å²) in [5, 5.41) is 80.5. The smallest absolute Gasteiger partial charge is 0.306 e. The van der Waals surface area contributed by atoms with Crippen LogP contribution in [-0.2, 0) is 9.59 Å². The van der Waals surface area contributed by atoms with Crippen LogP contribution in [0.15, 0.2) is 0 Å². The summed E-state index contributed by atoms with van der Waals surface area (Å²) in [6, 6.07) is -0.683. The molecule has 580 valence electrons. The van der Waals surface area contributed by atoms with Crippen LogP contribution in [0.1, 0.15) is 433 Å². The predicted molar refractivity (Wildman–Crippen MR) is 416 cm³/mol. The SMILES string of the molecule is CCCCCCCCCCC(O)CN(CCCCC(CC(=O)C(CCCCN(CC(O)CCCCCCCCCC)CC(O)CCCCCCCCCC)N(CC(O)CCCCCCCCCC)CC(O)CCCCCCCCCC)C(=O)O)CC(O)CCCCCCCCCC. The van der Waals surface area contributed by atoms with Crippen LogP contribution in [0.5, 0.6) is 0 Å². The zero-order chi connectivity index (χ0) is 71.3. The lowest BCUT2D eigenvalue weighted by Gasteiger charge is -2.35. The third kappa shape index (κ3) is 64.1. The third-order valence-electron chi connectivity index (χ3n) is 21.2. The number of aliphatic hydroxyl groups is 6. The average molecular weight is 1380 g/mol. The van der Waals surface area contributed by atoms with Gasteiger partial charge in [0, 0.05) is 45.7 Å². The Balaban J connectivity index is 6.75. The van der Waals surface area contributed by atoms with Crippen molar-refractivity contribution in [2.24, 2.45) is 5.92 Å². The van der Waals surface area contributed by atoms with Gasteiger partial charge in [0.1, 0.15) is 0 Å². The number of carboxylic acids is 1. The summed E-state index contributed by atoms with van der Waals surface area (Å²) in [7, 11) is 0. The molecule has 0 bridgehead atoms. The van der Waals surface area contributed by atoms with Gasteiger partial charge in [0.2, 0.25) is 0 Å². The van der Waals surface area contributed by atoms with Crippen molar-refractivity contribution in [1.29, 1.82) is 0 Å². The first-order chi connectivity index (χ1) is 47.2. The second-order valence-corrected chi connectivity index (χ2v) is 31.2. The van der Waals surface area contributed by atoms with E-state index in [9.17, 15) is 40.5 Å². The third-order valence-corrected chi connectivity index (χ3v) is 21.2. The van der Waals surface area contributed by atoms with Crippen molar-refractivity contribution in [3.8, 4) is 0 Å². The lowest BCUT2D eigenvalue weighted by atomic mass is 9.90. The van der Waals surface area contributed by atoms with Crippen LogP contribution in [0.3, 0.4) is 0 Å². The summed E-state index contributed by atoms with van der Waals surface area (Å²) in [6.07, 6.45) is 61.4. The molecule has 0 heterocycles. The molecule has 0 rings (SSSR count). The van der Waals surface area contributed by atoms with Gasteiger partial charge in [0.25, 0.3) is 0 Å². The maximum atomic E-state index is 15.3. The highest BCUT2D eigenvalue weighted by Gasteiger charge is 2.32. The molecule has 0 aliphatic heterocycles. The minimum atomic E-state index is -0.978. The van der Waals surface area contributed by atoms with Crippen molar-refractivity contribution in [3.05, 3.63) is 0 Å². The number of Topliss-reactive ketones (excluding diaryl/α,β-unsaturated/α-hetero) is 1. The van der Waals surface area contributed by atoms with E-state index in [1.807, 2.05) is 4.90 Å². The molecule has 0 amide bonds. The van der Waals surface area contributed by atoms with E-state index in [1.54, 1.807) is 0 Å². The fraction of sp³-hybridized carbons (Fsp3) is 0.976. The Morgan fingerprint density at radius 1 is 0.247 bits per heavy atom. The lowest BCUT2D eigenvalue weighted by molar-refractivity contribution is -0.145. The van der Waals surface area contributed by atoms with Crippen molar-refractivity contribution in [1.82, 2.24) is 14.7 Å². The molecular formula is C85H171N3O9. The van der Waals surface area contributed by atoms with Crippen LogP contribution in [0, 0.1) is 5.92 Å². The summed E-state index contributed by atoms with van der Waals surface area (Å²) in [4.78, 5) is 35.1. The average Bonchev–Trinajstić information content (AvgIpc) is 0.976. The van der Waals surface area contributed by atoms with Gasteiger partial charge in [-0.2, -0.15) is 0 Å². The summed E-state index contributed by atoms with van der Waals surface area (Å²) >= 11 is 0. The standard InChI is InChI=1S/C85H171N3O9/c1-7-13-19-25-31-37-43-49-60-77(89)70-86(71-78(90)61-50-44-38-32-26-20-14-8-2)67-57-55-59-76(85(96)97)69-84(95)83(88(74-81(93)64-53-47-41-35-29-23-17-11-5)75-82(94)65-54-48-42-36-30-24-18-12-6)66-56-58-68-87(72-79(91)62-51-45-39-33-27-21-15-9-3)73-80(92)63-52-46-40-34-28-22-16-10-4/h76-83,89-94H,7-75H2,1-6H3,(H,96,97). The zero-order valence-electron chi connectivity index (χ0n) is 65.7.